The van der Waals surface area contributed by atoms with Gasteiger partial charge in [0.2, 0.25) is 0 Å². The van der Waals surface area contributed by atoms with E-state index in [9.17, 15) is 0 Å². The van der Waals surface area contributed by atoms with E-state index in [2.05, 4.69) is 49.4 Å². The van der Waals surface area contributed by atoms with Crippen LogP contribution < -0.4 is 0 Å². The molecule has 1 aliphatic carbocycles. The fourth-order valence-electron chi connectivity index (χ4n) is 2.77. The number of thiophene rings is 1. The fraction of sp³-hybridized carbons (Fsp3) is 0.125. The Bertz CT molecular complexity index is 734. The van der Waals surface area contributed by atoms with Crippen LogP contribution in [0.5, 0.6) is 0 Å². The van der Waals surface area contributed by atoms with Gasteiger partial charge in [0.15, 0.2) is 0 Å². The van der Waals surface area contributed by atoms with E-state index in [1.165, 1.54) is 37.2 Å². The summed E-state index contributed by atoms with van der Waals surface area (Å²) in [5, 5.41) is 1.45. The average molecular weight is 236 g/mol. The van der Waals surface area contributed by atoms with E-state index in [0.29, 0.717) is 0 Å². The van der Waals surface area contributed by atoms with Gasteiger partial charge < -0.3 is 0 Å². The summed E-state index contributed by atoms with van der Waals surface area (Å²) in [6, 6.07) is 15.6. The second-order valence-corrected chi connectivity index (χ2v) is 5.80. The molecule has 0 aliphatic heterocycles. The molecule has 0 bridgehead atoms. The van der Waals surface area contributed by atoms with Gasteiger partial charge in [0.05, 0.1) is 0 Å². The van der Waals surface area contributed by atoms with Crippen LogP contribution in [0.15, 0.2) is 42.5 Å². The molecule has 0 saturated heterocycles. The lowest BCUT2D eigenvalue weighted by atomic mass is 10.1. The first kappa shape index (κ1) is 9.43. The van der Waals surface area contributed by atoms with Crippen molar-refractivity contribution < 1.29 is 0 Å². The van der Waals surface area contributed by atoms with Gasteiger partial charge in [-0.3, -0.25) is 0 Å². The summed E-state index contributed by atoms with van der Waals surface area (Å²) in [4.78, 5) is 1.49. The fourth-order valence-corrected chi connectivity index (χ4v) is 4.05. The zero-order chi connectivity index (χ0) is 11.4. The minimum atomic E-state index is 1.11. The largest absolute Gasteiger partial charge is 0.135 e. The molecular formula is C16H12S. The zero-order valence-corrected chi connectivity index (χ0v) is 10.5. The van der Waals surface area contributed by atoms with E-state index in [4.69, 9.17) is 0 Å². The molecule has 0 nitrogen and oxygen atoms in total. The van der Waals surface area contributed by atoms with Crippen molar-refractivity contribution in [3.05, 3.63) is 59.2 Å². The van der Waals surface area contributed by atoms with E-state index >= 15 is 0 Å². The molecule has 0 unspecified atom stereocenters. The van der Waals surface area contributed by atoms with Crippen molar-refractivity contribution in [2.45, 2.75) is 13.3 Å². The van der Waals surface area contributed by atoms with Crippen LogP contribution >= 0.6 is 11.3 Å². The number of fused-ring (bicyclic) bond motifs is 5. The van der Waals surface area contributed by atoms with E-state index in [1.807, 2.05) is 11.3 Å². The van der Waals surface area contributed by atoms with Crippen LogP contribution in [0.3, 0.4) is 0 Å². The number of hydrogen-bond donors (Lipinski definition) is 0. The van der Waals surface area contributed by atoms with Crippen LogP contribution in [0.2, 0.25) is 0 Å². The van der Waals surface area contributed by atoms with Crippen molar-refractivity contribution in [2.24, 2.45) is 0 Å². The predicted molar refractivity (Wildman–Crippen MR) is 74.8 cm³/mol. The normalized spacial score (nSPS) is 12.8. The Morgan fingerprint density at radius 2 is 1.94 bits per heavy atom. The third kappa shape index (κ3) is 1.23. The van der Waals surface area contributed by atoms with Crippen LogP contribution in [0.25, 0.3) is 20.5 Å². The maximum absolute atomic E-state index is 2.33. The van der Waals surface area contributed by atoms with Crippen molar-refractivity contribution >= 4 is 21.4 Å². The first-order valence-electron chi connectivity index (χ1n) is 5.93. The molecule has 17 heavy (non-hydrogen) atoms. The van der Waals surface area contributed by atoms with Crippen molar-refractivity contribution in [3.63, 3.8) is 0 Å². The van der Waals surface area contributed by atoms with Gasteiger partial charge in [-0.05, 0) is 35.1 Å². The Morgan fingerprint density at radius 3 is 2.88 bits per heavy atom. The molecule has 1 aliphatic rings. The topological polar surface area (TPSA) is 0 Å². The third-order valence-corrected chi connectivity index (χ3v) is 4.82. The average Bonchev–Trinajstić information content (AvgIpc) is 2.84. The highest BCUT2D eigenvalue weighted by Gasteiger charge is 2.22. The van der Waals surface area contributed by atoms with Gasteiger partial charge in [0.1, 0.15) is 0 Å². The van der Waals surface area contributed by atoms with E-state index in [-0.39, 0.29) is 0 Å². The van der Waals surface area contributed by atoms with Gasteiger partial charge in [0.25, 0.3) is 0 Å². The predicted octanol–water partition coefficient (Wildman–Crippen LogP) is 4.78. The van der Waals surface area contributed by atoms with Gasteiger partial charge in [0, 0.05) is 16.0 Å². The quantitative estimate of drug-likeness (QED) is 0.412. The van der Waals surface area contributed by atoms with E-state index in [0.717, 1.165) is 6.42 Å². The first-order valence-corrected chi connectivity index (χ1v) is 6.75. The number of hydrogen-bond acceptors (Lipinski definition) is 1. The van der Waals surface area contributed by atoms with Gasteiger partial charge in [-0.25, -0.2) is 0 Å². The number of aryl methyl sites for hydroxylation is 1. The van der Waals surface area contributed by atoms with Crippen molar-refractivity contribution in [1.82, 2.24) is 0 Å². The molecule has 0 fully saturated rings. The molecule has 3 aromatic rings. The highest BCUT2D eigenvalue weighted by Crippen LogP contribution is 2.46. The molecule has 4 rings (SSSR count). The van der Waals surface area contributed by atoms with Crippen LogP contribution in [-0.2, 0) is 6.42 Å². The summed E-state index contributed by atoms with van der Waals surface area (Å²) in [7, 11) is 0. The smallest absolute Gasteiger partial charge is 0.0393 e. The lowest BCUT2D eigenvalue weighted by molar-refractivity contribution is 1.27. The minimum Gasteiger partial charge on any atom is -0.135 e. The Labute approximate surface area is 105 Å². The van der Waals surface area contributed by atoms with Crippen LogP contribution in [0, 0.1) is 6.92 Å². The second kappa shape index (κ2) is 3.21. The molecule has 0 N–H and O–H groups in total. The van der Waals surface area contributed by atoms with Gasteiger partial charge in [-0.1, -0.05) is 42.0 Å². The SMILES string of the molecule is Cc1ccc2c(c1)Cc1c-2sc2ccccc12. The number of rotatable bonds is 0. The van der Waals surface area contributed by atoms with Gasteiger partial charge >= 0.3 is 0 Å². The maximum atomic E-state index is 2.33. The summed E-state index contributed by atoms with van der Waals surface area (Å²) < 4.78 is 1.42. The molecule has 1 heterocycles. The summed E-state index contributed by atoms with van der Waals surface area (Å²) in [5.74, 6) is 0. The summed E-state index contributed by atoms with van der Waals surface area (Å²) in [6.45, 7) is 2.17. The Hall–Kier alpha value is -1.60. The molecule has 82 valence electrons. The Morgan fingerprint density at radius 1 is 1.06 bits per heavy atom. The summed E-state index contributed by atoms with van der Waals surface area (Å²) >= 11 is 1.93. The molecule has 2 aromatic carbocycles. The van der Waals surface area contributed by atoms with Gasteiger partial charge in [-0.2, -0.15) is 0 Å². The minimum absolute atomic E-state index is 1.11. The molecule has 0 radical (unpaired) electrons. The molecule has 1 heteroatoms. The highest BCUT2D eigenvalue weighted by atomic mass is 32.1. The second-order valence-electron chi connectivity index (χ2n) is 4.74. The summed E-state index contributed by atoms with van der Waals surface area (Å²) in [5.41, 5.74) is 5.85. The van der Waals surface area contributed by atoms with Crippen LogP contribution in [0.4, 0.5) is 0 Å². The van der Waals surface area contributed by atoms with E-state index < -0.39 is 0 Å². The van der Waals surface area contributed by atoms with Gasteiger partial charge in [-0.15, -0.1) is 11.3 Å². The molecule has 1 aromatic heterocycles. The monoisotopic (exact) mass is 236 g/mol. The lowest BCUT2D eigenvalue weighted by Gasteiger charge is -2.00. The summed E-state index contributed by atoms with van der Waals surface area (Å²) in [6.07, 6.45) is 1.11. The van der Waals surface area contributed by atoms with E-state index in [1.54, 1.807) is 0 Å². The van der Waals surface area contributed by atoms with Crippen LogP contribution in [0.1, 0.15) is 16.7 Å². The lowest BCUT2D eigenvalue weighted by Crippen LogP contribution is -1.82. The third-order valence-electron chi connectivity index (χ3n) is 3.57. The Kier molecular flexibility index (Phi) is 1.78. The van der Waals surface area contributed by atoms with Crippen molar-refractivity contribution in [3.8, 4) is 10.4 Å². The molecule has 0 atom stereocenters. The molecule has 0 amide bonds. The maximum Gasteiger partial charge on any atom is 0.0393 e. The number of benzene rings is 2. The molecule has 0 spiro atoms. The first-order chi connectivity index (χ1) is 8.33. The van der Waals surface area contributed by atoms with Crippen molar-refractivity contribution in [1.29, 1.82) is 0 Å². The highest BCUT2D eigenvalue weighted by molar-refractivity contribution is 7.22. The molecular weight excluding hydrogens is 224 g/mol. The zero-order valence-electron chi connectivity index (χ0n) is 9.66. The molecule has 0 saturated carbocycles. The Balaban J connectivity index is 2.06. The van der Waals surface area contributed by atoms with Crippen molar-refractivity contribution in [2.75, 3.05) is 0 Å². The van der Waals surface area contributed by atoms with Crippen LogP contribution in [-0.4, -0.2) is 0 Å². The standard InChI is InChI=1S/C16H12S/c1-10-6-7-12-11(8-10)9-14-13-4-2-3-5-15(13)17-16(12)14/h2-8H,9H2,1H3.